The van der Waals surface area contributed by atoms with Crippen molar-refractivity contribution in [2.75, 3.05) is 12.4 Å². The Hall–Kier alpha value is -2.39. The first kappa shape index (κ1) is 22.9. The zero-order chi connectivity index (χ0) is 21.4. The minimum Gasteiger partial charge on any atom is -0.379 e. The smallest absolute Gasteiger partial charge is 0.321 e. The molecule has 0 radical (unpaired) electrons. The van der Waals surface area contributed by atoms with Gasteiger partial charge in [-0.25, -0.2) is 9.78 Å². The van der Waals surface area contributed by atoms with Gasteiger partial charge in [0.15, 0.2) is 5.16 Å². The highest BCUT2D eigenvalue weighted by Gasteiger charge is 2.14. The van der Waals surface area contributed by atoms with Gasteiger partial charge in [0.05, 0.1) is 22.8 Å². The highest BCUT2D eigenvalue weighted by Crippen LogP contribution is 2.18. The van der Waals surface area contributed by atoms with Crippen LogP contribution in [0, 0.1) is 0 Å². The molecule has 0 aliphatic heterocycles. The lowest BCUT2D eigenvalue weighted by Gasteiger charge is -2.14. The summed E-state index contributed by atoms with van der Waals surface area (Å²) in [7, 11) is 0. The second kappa shape index (κ2) is 11.0. The van der Waals surface area contributed by atoms with Crippen molar-refractivity contribution in [2.45, 2.75) is 58.0 Å². The van der Waals surface area contributed by atoms with E-state index in [0.717, 1.165) is 11.8 Å². The zero-order valence-corrected chi connectivity index (χ0v) is 18.0. The number of imide groups is 1. The van der Waals surface area contributed by atoms with Crippen LogP contribution in [-0.4, -0.2) is 46.0 Å². The molecule has 0 bridgehead atoms. The molecule has 2 aromatic rings. The number of thioether (sulfide) groups is 1. The van der Waals surface area contributed by atoms with Crippen molar-refractivity contribution in [2.24, 2.45) is 0 Å². The van der Waals surface area contributed by atoms with Crippen LogP contribution in [0.5, 0.6) is 0 Å². The number of aromatic nitrogens is 2. The molecule has 0 fully saturated rings. The standard InChI is InChI=1S/C20H28N4O4S/c1-13(2)21-19(27)23-17(25)12-29-20-22-16-9-6-5-8-15(16)18(26)24(20)10-7-11-28-14(3)4/h5-6,8-9,13-14H,7,10-12H2,1-4H3,(H2,21,23,25,27). The minimum absolute atomic E-state index is 0.0290. The highest BCUT2D eigenvalue weighted by molar-refractivity contribution is 7.99. The molecule has 1 heterocycles. The van der Waals surface area contributed by atoms with Crippen LogP contribution in [0.3, 0.4) is 0 Å². The number of rotatable bonds is 9. The molecule has 0 unspecified atom stereocenters. The number of urea groups is 1. The summed E-state index contributed by atoms with van der Waals surface area (Å²) in [4.78, 5) is 41.2. The monoisotopic (exact) mass is 420 g/mol. The third kappa shape index (κ3) is 7.17. The Labute approximate surface area is 174 Å². The van der Waals surface area contributed by atoms with Gasteiger partial charge in [0.25, 0.3) is 5.56 Å². The fourth-order valence-electron chi connectivity index (χ4n) is 2.59. The average molecular weight is 421 g/mol. The van der Waals surface area contributed by atoms with Gasteiger partial charge in [-0.3, -0.25) is 19.5 Å². The van der Waals surface area contributed by atoms with E-state index in [-0.39, 0.29) is 23.5 Å². The number of carbonyl (C=O) groups excluding carboxylic acids is 2. The summed E-state index contributed by atoms with van der Waals surface area (Å²) < 4.78 is 7.12. The van der Waals surface area contributed by atoms with Gasteiger partial charge in [-0.1, -0.05) is 23.9 Å². The number of nitrogens with one attached hydrogen (secondary N) is 2. The molecule has 29 heavy (non-hydrogen) atoms. The SMILES string of the molecule is CC(C)NC(=O)NC(=O)CSc1nc2ccccc2c(=O)n1CCCOC(C)C. The summed E-state index contributed by atoms with van der Waals surface area (Å²) in [5, 5.41) is 5.84. The Bertz CT molecular complexity index is 911. The summed E-state index contributed by atoms with van der Waals surface area (Å²) in [6, 6.07) is 6.50. The van der Waals surface area contributed by atoms with E-state index in [1.165, 1.54) is 0 Å². The molecule has 1 aromatic heterocycles. The fraction of sp³-hybridized carbons (Fsp3) is 0.500. The van der Waals surface area contributed by atoms with Crippen LogP contribution in [0.1, 0.15) is 34.1 Å². The number of para-hydroxylation sites is 1. The molecule has 0 saturated heterocycles. The van der Waals surface area contributed by atoms with Crippen molar-refractivity contribution in [1.82, 2.24) is 20.2 Å². The van der Waals surface area contributed by atoms with Gasteiger partial charge in [-0.05, 0) is 46.2 Å². The van der Waals surface area contributed by atoms with E-state index >= 15 is 0 Å². The summed E-state index contributed by atoms with van der Waals surface area (Å²) in [5.74, 6) is -0.482. The number of fused-ring (bicyclic) bond motifs is 1. The lowest BCUT2D eigenvalue weighted by molar-refractivity contribution is -0.117. The first-order valence-corrected chi connectivity index (χ1v) is 10.6. The Morgan fingerprint density at radius 3 is 2.62 bits per heavy atom. The van der Waals surface area contributed by atoms with Crippen LogP contribution in [0.25, 0.3) is 10.9 Å². The van der Waals surface area contributed by atoms with Crippen molar-refractivity contribution in [3.05, 3.63) is 34.6 Å². The van der Waals surface area contributed by atoms with E-state index in [1.54, 1.807) is 36.6 Å². The molecule has 158 valence electrons. The molecule has 0 aliphatic carbocycles. The molecule has 3 amide bonds. The first-order valence-electron chi connectivity index (χ1n) is 9.62. The van der Waals surface area contributed by atoms with Crippen molar-refractivity contribution in [1.29, 1.82) is 0 Å². The van der Waals surface area contributed by atoms with E-state index in [2.05, 4.69) is 15.6 Å². The van der Waals surface area contributed by atoms with E-state index in [9.17, 15) is 14.4 Å². The minimum atomic E-state index is -0.541. The molecule has 0 aliphatic rings. The van der Waals surface area contributed by atoms with Crippen LogP contribution in [0.4, 0.5) is 4.79 Å². The third-order valence-electron chi connectivity index (χ3n) is 3.81. The lowest BCUT2D eigenvalue weighted by Crippen LogP contribution is -2.43. The topological polar surface area (TPSA) is 102 Å². The summed E-state index contributed by atoms with van der Waals surface area (Å²) >= 11 is 1.13. The zero-order valence-electron chi connectivity index (χ0n) is 17.2. The van der Waals surface area contributed by atoms with Crippen LogP contribution < -0.4 is 16.2 Å². The van der Waals surface area contributed by atoms with E-state index in [4.69, 9.17) is 4.74 Å². The maximum absolute atomic E-state index is 12.9. The average Bonchev–Trinajstić information content (AvgIpc) is 2.64. The largest absolute Gasteiger partial charge is 0.379 e. The Morgan fingerprint density at radius 1 is 1.21 bits per heavy atom. The number of amides is 3. The summed E-state index contributed by atoms with van der Waals surface area (Å²) in [6.07, 6.45) is 0.769. The molecule has 2 N–H and O–H groups in total. The van der Waals surface area contributed by atoms with Crippen LogP contribution in [-0.2, 0) is 16.1 Å². The molecule has 2 rings (SSSR count). The Kier molecular flexibility index (Phi) is 8.66. The van der Waals surface area contributed by atoms with Gasteiger partial charge in [-0.2, -0.15) is 0 Å². The maximum Gasteiger partial charge on any atom is 0.321 e. The van der Waals surface area contributed by atoms with Gasteiger partial charge < -0.3 is 10.1 Å². The van der Waals surface area contributed by atoms with Crippen molar-refractivity contribution >= 4 is 34.6 Å². The third-order valence-corrected chi connectivity index (χ3v) is 4.79. The molecule has 8 nitrogen and oxygen atoms in total. The molecule has 9 heteroatoms. The van der Waals surface area contributed by atoms with E-state index in [0.29, 0.717) is 35.6 Å². The molecule has 0 spiro atoms. The van der Waals surface area contributed by atoms with Gasteiger partial charge in [-0.15, -0.1) is 0 Å². The Balaban J connectivity index is 2.14. The number of nitrogens with zero attached hydrogens (tertiary/aromatic N) is 2. The normalized spacial score (nSPS) is 11.2. The molecular formula is C20H28N4O4S. The van der Waals surface area contributed by atoms with Crippen LogP contribution in [0.2, 0.25) is 0 Å². The molecular weight excluding hydrogens is 392 g/mol. The van der Waals surface area contributed by atoms with Gasteiger partial charge in [0.1, 0.15) is 0 Å². The molecule has 1 aromatic carbocycles. The number of carbonyl (C=O) groups is 2. The van der Waals surface area contributed by atoms with Crippen molar-refractivity contribution < 1.29 is 14.3 Å². The van der Waals surface area contributed by atoms with Gasteiger partial charge in [0.2, 0.25) is 5.91 Å². The number of hydrogen-bond acceptors (Lipinski definition) is 6. The predicted molar refractivity (Wildman–Crippen MR) is 114 cm³/mol. The number of benzene rings is 1. The number of hydrogen-bond donors (Lipinski definition) is 2. The van der Waals surface area contributed by atoms with Gasteiger partial charge >= 0.3 is 6.03 Å². The Morgan fingerprint density at radius 2 is 1.93 bits per heavy atom. The van der Waals surface area contributed by atoms with Gasteiger partial charge in [0, 0.05) is 19.2 Å². The maximum atomic E-state index is 12.9. The fourth-order valence-corrected chi connectivity index (χ4v) is 3.41. The molecule has 0 saturated carbocycles. The molecule has 0 atom stereocenters. The summed E-state index contributed by atoms with van der Waals surface area (Å²) in [6.45, 7) is 8.48. The lowest BCUT2D eigenvalue weighted by atomic mass is 10.2. The number of ether oxygens (including phenoxy) is 1. The summed E-state index contributed by atoms with van der Waals surface area (Å²) in [5.41, 5.74) is 0.424. The predicted octanol–water partition coefficient (Wildman–Crippen LogP) is 2.54. The van der Waals surface area contributed by atoms with Crippen molar-refractivity contribution in [3.8, 4) is 0 Å². The van der Waals surface area contributed by atoms with E-state index < -0.39 is 11.9 Å². The quantitative estimate of drug-likeness (QED) is 0.367. The van der Waals surface area contributed by atoms with Crippen molar-refractivity contribution in [3.63, 3.8) is 0 Å². The van der Waals surface area contributed by atoms with E-state index in [1.807, 2.05) is 19.9 Å². The second-order valence-electron chi connectivity index (χ2n) is 7.11. The van der Waals surface area contributed by atoms with Crippen LogP contribution >= 0.6 is 11.8 Å². The first-order chi connectivity index (χ1) is 13.8. The van der Waals surface area contributed by atoms with Crippen LogP contribution in [0.15, 0.2) is 34.2 Å². The second-order valence-corrected chi connectivity index (χ2v) is 8.05. The highest BCUT2D eigenvalue weighted by atomic mass is 32.2.